The normalized spacial score (nSPS) is 25.1. The van der Waals surface area contributed by atoms with Crippen LogP contribution in [0.15, 0.2) is 30.3 Å². The fourth-order valence-electron chi connectivity index (χ4n) is 3.09. The summed E-state index contributed by atoms with van der Waals surface area (Å²) in [4.78, 5) is 14.5. The second kappa shape index (κ2) is 6.86. The minimum Gasteiger partial charge on any atom is -0.300 e. The Morgan fingerprint density at radius 1 is 1.40 bits per heavy atom. The fourth-order valence-corrected chi connectivity index (χ4v) is 3.09. The van der Waals surface area contributed by atoms with Gasteiger partial charge in [0, 0.05) is 12.6 Å². The molecule has 0 bridgehead atoms. The van der Waals surface area contributed by atoms with E-state index in [4.69, 9.17) is 5.84 Å². The minimum absolute atomic E-state index is 0.109. The molecule has 0 radical (unpaired) electrons. The van der Waals surface area contributed by atoms with E-state index in [1.807, 2.05) is 30.3 Å². The number of benzene rings is 1. The van der Waals surface area contributed by atoms with Crippen LogP contribution in [0, 0.1) is 5.92 Å². The van der Waals surface area contributed by atoms with Crippen LogP contribution < -0.4 is 11.3 Å². The maximum absolute atomic E-state index is 12.1. The summed E-state index contributed by atoms with van der Waals surface area (Å²) in [6.07, 6.45) is 2.40. The second-order valence-corrected chi connectivity index (χ2v) is 5.95. The molecule has 3 unspecified atom stereocenters. The van der Waals surface area contributed by atoms with Crippen molar-refractivity contribution in [2.75, 3.05) is 13.1 Å². The van der Waals surface area contributed by atoms with E-state index in [2.05, 4.69) is 24.2 Å². The lowest BCUT2D eigenvalue weighted by atomic mass is 9.91. The van der Waals surface area contributed by atoms with Crippen LogP contribution in [-0.4, -0.2) is 29.9 Å². The fraction of sp³-hybridized carbons (Fsp3) is 0.562. The molecule has 4 nitrogen and oxygen atoms in total. The maximum atomic E-state index is 12.1. The van der Waals surface area contributed by atoms with Gasteiger partial charge >= 0.3 is 0 Å². The number of piperidine rings is 1. The number of carbonyl (C=O) groups is 1. The van der Waals surface area contributed by atoms with E-state index in [0.29, 0.717) is 6.04 Å². The number of rotatable bonds is 4. The Morgan fingerprint density at radius 3 is 2.70 bits per heavy atom. The van der Waals surface area contributed by atoms with E-state index >= 15 is 0 Å². The molecule has 3 atom stereocenters. The molecule has 0 aliphatic carbocycles. The second-order valence-electron chi connectivity index (χ2n) is 5.95. The van der Waals surface area contributed by atoms with E-state index in [1.165, 1.54) is 12.8 Å². The standard InChI is InChI=1S/C16H25N3O/c1-12-8-9-19(13(2)10-12)11-15(16(20)18-17)14-6-4-3-5-7-14/h3-7,12-13,15H,8-11,17H2,1-2H3,(H,18,20). The van der Waals surface area contributed by atoms with E-state index in [-0.39, 0.29) is 11.8 Å². The van der Waals surface area contributed by atoms with Gasteiger partial charge in [-0.3, -0.25) is 15.1 Å². The number of likely N-dealkylation sites (tertiary alicyclic amines) is 1. The SMILES string of the molecule is CC1CCN(CC(C(=O)NN)c2ccccc2)C(C)C1. The van der Waals surface area contributed by atoms with Gasteiger partial charge in [0.25, 0.3) is 0 Å². The molecule has 2 rings (SSSR count). The van der Waals surface area contributed by atoms with Crippen molar-refractivity contribution in [3.8, 4) is 0 Å². The summed E-state index contributed by atoms with van der Waals surface area (Å²) in [7, 11) is 0. The highest BCUT2D eigenvalue weighted by Crippen LogP contribution is 2.25. The van der Waals surface area contributed by atoms with Crippen molar-refractivity contribution in [3.63, 3.8) is 0 Å². The van der Waals surface area contributed by atoms with E-state index in [1.54, 1.807) is 0 Å². The Balaban J connectivity index is 2.11. The third kappa shape index (κ3) is 3.58. The predicted molar refractivity (Wildman–Crippen MR) is 80.9 cm³/mol. The average molecular weight is 275 g/mol. The molecule has 1 saturated heterocycles. The van der Waals surface area contributed by atoms with Crippen LogP contribution in [0.25, 0.3) is 0 Å². The average Bonchev–Trinajstić information content (AvgIpc) is 2.46. The van der Waals surface area contributed by atoms with Gasteiger partial charge in [-0.1, -0.05) is 37.3 Å². The Labute approximate surface area is 121 Å². The molecular weight excluding hydrogens is 250 g/mol. The topological polar surface area (TPSA) is 58.4 Å². The van der Waals surface area contributed by atoms with Gasteiger partial charge in [0.1, 0.15) is 0 Å². The molecular formula is C16H25N3O. The molecule has 110 valence electrons. The molecule has 4 heteroatoms. The van der Waals surface area contributed by atoms with E-state index in [0.717, 1.165) is 24.6 Å². The largest absolute Gasteiger partial charge is 0.300 e. The summed E-state index contributed by atoms with van der Waals surface area (Å²) < 4.78 is 0. The number of nitrogens with one attached hydrogen (secondary N) is 1. The lowest BCUT2D eigenvalue weighted by Gasteiger charge is -2.38. The molecule has 1 amide bonds. The first-order valence-electron chi connectivity index (χ1n) is 7.41. The number of amides is 1. The zero-order valence-electron chi connectivity index (χ0n) is 12.4. The molecule has 0 spiro atoms. The molecule has 1 heterocycles. The summed E-state index contributed by atoms with van der Waals surface area (Å²) in [5, 5.41) is 0. The molecule has 1 fully saturated rings. The molecule has 1 aliphatic heterocycles. The maximum Gasteiger partial charge on any atom is 0.242 e. The molecule has 0 aromatic heterocycles. The van der Waals surface area contributed by atoms with Gasteiger partial charge in [0.15, 0.2) is 0 Å². The predicted octanol–water partition coefficient (Wildman–Crippen LogP) is 1.88. The van der Waals surface area contributed by atoms with Gasteiger partial charge in [-0.15, -0.1) is 0 Å². The zero-order valence-corrected chi connectivity index (χ0v) is 12.4. The van der Waals surface area contributed by atoms with Crippen LogP contribution in [0.2, 0.25) is 0 Å². The number of hydrogen-bond acceptors (Lipinski definition) is 3. The first kappa shape index (κ1) is 15.0. The van der Waals surface area contributed by atoms with Crippen molar-refractivity contribution >= 4 is 5.91 Å². The van der Waals surface area contributed by atoms with Crippen LogP contribution in [0.1, 0.15) is 38.2 Å². The molecule has 0 saturated carbocycles. The number of nitrogens with zero attached hydrogens (tertiary/aromatic N) is 1. The van der Waals surface area contributed by atoms with Crippen molar-refractivity contribution in [1.29, 1.82) is 0 Å². The zero-order chi connectivity index (χ0) is 14.5. The van der Waals surface area contributed by atoms with Gasteiger partial charge in [-0.05, 0) is 37.8 Å². The molecule has 1 aromatic rings. The minimum atomic E-state index is -0.197. The Morgan fingerprint density at radius 2 is 2.10 bits per heavy atom. The number of hydrogen-bond donors (Lipinski definition) is 2. The highest BCUT2D eigenvalue weighted by atomic mass is 16.2. The smallest absolute Gasteiger partial charge is 0.242 e. The highest BCUT2D eigenvalue weighted by molar-refractivity contribution is 5.83. The highest BCUT2D eigenvalue weighted by Gasteiger charge is 2.28. The van der Waals surface area contributed by atoms with Crippen LogP contribution in [0.3, 0.4) is 0 Å². The van der Waals surface area contributed by atoms with Crippen molar-refractivity contribution < 1.29 is 4.79 Å². The Hall–Kier alpha value is -1.39. The van der Waals surface area contributed by atoms with Crippen LogP contribution in [-0.2, 0) is 4.79 Å². The quantitative estimate of drug-likeness (QED) is 0.501. The number of nitrogens with two attached hydrogens (primary N) is 1. The van der Waals surface area contributed by atoms with Crippen molar-refractivity contribution in [2.24, 2.45) is 11.8 Å². The van der Waals surface area contributed by atoms with Gasteiger partial charge in [-0.25, -0.2) is 5.84 Å². The van der Waals surface area contributed by atoms with Gasteiger partial charge in [0.05, 0.1) is 5.92 Å². The molecule has 1 aromatic carbocycles. The summed E-state index contributed by atoms with van der Waals surface area (Å²) in [6, 6.07) is 10.4. The third-order valence-electron chi connectivity index (χ3n) is 4.35. The number of carbonyl (C=O) groups excluding carboxylic acids is 1. The summed E-state index contributed by atoms with van der Waals surface area (Å²) in [6.45, 7) is 6.34. The molecule has 20 heavy (non-hydrogen) atoms. The summed E-state index contributed by atoms with van der Waals surface area (Å²) in [5.41, 5.74) is 3.34. The summed E-state index contributed by atoms with van der Waals surface area (Å²) >= 11 is 0. The van der Waals surface area contributed by atoms with Crippen LogP contribution >= 0.6 is 0 Å². The first-order valence-corrected chi connectivity index (χ1v) is 7.41. The Bertz CT molecular complexity index is 435. The van der Waals surface area contributed by atoms with Crippen molar-refractivity contribution in [1.82, 2.24) is 10.3 Å². The molecule has 1 aliphatic rings. The van der Waals surface area contributed by atoms with Gasteiger partial charge in [0.2, 0.25) is 5.91 Å². The van der Waals surface area contributed by atoms with Gasteiger partial charge in [-0.2, -0.15) is 0 Å². The Kier molecular flexibility index (Phi) is 5.15. The first-order chi connectivity index (χ1) is 9.61. The lowest BCUT2D eigenvalue weighted by molar-refractivity contribution is -0.123. The van der Waals surface area contributed by atoms with Gasteiger partial charge < -0.3 is 0 Å². The number of hydrazine groups is 1. The third-order valence-corrected chi connectivity index (χ3v) is 4.35. The van der Waals surface area contributed by atoms with Crippen LogP contribution in [0.4, 0.5) is 0 Å². The van der Waals surface area contributed by atoms with E-state index in [9.17, 15) is 4.79 Å². The monoisotopic (exact) mass is 275 g/mol. The van der Waals surface area contributed by atoms with Crippen molar-refractivity contribution in [3.05, 3.63) is 35.9 Å². The van der Waals surface area contributed by atoms with E-state index < -0.39 is 0 Å². The summed E-state index contributed by atoms with van der Waals surface area (Å²) in [5.74, 6) is 5.83. The molecule has 3 N–H and O–H groups in total. The van der Waals surface area contributed by atoms with Crippen LogP contribution in [0.5, 0.6) is 0 Å². The van der Waals surface area contributed by atoms with Crippen molar-refractivity contribution in [2.45, 2.75) is 38.6 Å². The lowest BCUT2D eigenvalue weighted by Crippen LogP contribution is -2.46.